The Balaban J connectivity index is 1.46. The predicted octanol–water partition coefficient (Wildman–Crippen LogP) is 4.66. The van der Waals surface area contributed by atoms with Gasteiger partial charge in [0, 0.05) is 30.6 Å². The molecule has 1 aliphatic heterocycles. The van der Waals surface area contributed by atoms with Gasteiger partial charge < -0.3 is 9.64 Å². The van der Waals surface area contributed by atoms with Crippen molar-refractivity contribution in [1.29, 1.82) is 0 Å². The van der Waals surface area contributed by atoms with E-state index < -0.39 is 5.82 Å². The number of para-hydroxylation sites is 1. The van der Waals surface area contributed by atoms with Gasteiger partial charge in [-0.15, -0.1) is 0 Å². The van der Waals surface area contributed by atoms with Gasteiger partial charge >= 0.3 is 0 Å². The zero-order valence-electron chi connectivity index (χ0n) is 15.3. The second-order valence-corrected chi connectivity index (χ2v) is 6.84. The van der Waals surface area contributed by atoms with E-state index in [1.165, 1.54) is 24.5 Å². The predicted molar refractivity (Wildman–Crippen MR) is 105 cm³/mol. The van der Waals surface area contributed by atoms with Crippen LogP contribution in [-0.2, 0) is 13.0 Å². The third-order valence-corrected chi connectivity index (χ3v) is 4.95. The molecular formula is C22H16F2N4O. The van der Waals surface area contributed by atoms with Crippen LogP contribution in [0.2, 0.25) is 0 Å². The second-order valence-electron chi connectivity index (χ2n) is 6.84. The van der Waals surface area contributed by atoms with Gasteiger partial charge in [0.15, 0.2) is 11.6 Å². The third-order valence-electron chi connectivity index (χ3n) is 4.95. The molecule has 0 atom stereocenters. The Bertz CT molecular complexity index is 1210. The summed E-state index contributed by atoms with van der Waals surface area (Å²) in [5, 5.41) is 0.669. The van der Waals surface area contributed by atoms with Crippen molar-refractivity contribution in [1.82, 2.24) is 15.0 Å². The highest BCUT2D eigenvalue weighted by molar-refractivity contribution is 5.89. The van der Waals surface area contributed by atoms with Crippen molar-refractivity contribution in [2.24, 2.45) is 0 Å². The first-order valence-corrected chi connectivity index (χ1v) is 9.23. The van der Waals surface area contributed by atoms with Crippen molar-refractivity contribution in [2.45, 2.75) is 13.0 Å². The minimum atomic E-state index is -0.429. The van der Waals surface area contributed by atoms with Crippen molar-refractivity contribution in [3.8, 4) is 11.5 Å². The summed E-state index contributed by atoms with van der Waals surface area (Å²) in [6.07, 6.45) is 3.81. The van der Waals surface area contributed by atoms with Crippen molar-refractivity contribution in [3.63, 3.8) is 0 Å². The molecule has 0 bridgehead atoms. The second kappa shape index (κ2) is 7.09. The summed E-state index contributed by atoms with van der Waals surface area (Å²) in [5.41, 5.74) is 2.62. The van der Waals surface area contributed by atoms with E-state index in [1.807, 2.05) is 6.07 Å². The minimum Gasteiger partial charge on any atom is -0.453 e. The number of nitrogens with zero attached hydrogens (tertiary/aromatic N) is 4. The summed E-state index contributed by atoms with van der Waals surface area (Å²) in [5.74, 6) is 0.545. The Labute approximate surface area is 165 Å². The Morgan fingerprint density at radius 3 is 2.76 bits per heavy atom. The molecule has 5 rings (SSSR count). The number of halogens is 2. The van der Waals surface area contributed by atoms with Gasteiger partial charge in [0.2, 0.25) is 0 Å². The molecule has 3 heterocycles. The molecule has 0 unspecified atom stereocenters. The quantitative estimate of drug-likeness (QED) is 0.509. The number of rotatable bonds is 3. The van der Waals surface area contributed by atoms with Gasteiger partial charge in [-0.05, 0) is 42.0 Å². The van der Waals surface area contributed by atoms with Crippen LogP contribution in [0.4, 0.5) is 14.6 Å². The number of fused-ring (bicyclic) bond motifs is 2. The van der Waals surface area contributed by atoms with Crippen LogP contribution >= 0.6 is 0 Å². The average Bonchev–Trinajstić information content (AvgIpc) is 2.74. The van der Waals surface area contributed by atoms with Gasteiger partial charge in [-0.3, -0.25) is 4.98 Å². The zero-order chi connectivity index (χ0) is 19.8. The number of anilines is 1. The molecule has 0 saturated carbocycles. The smallest absolute Gasteiger partial charge is 0.165 e. The van der Waals surface area contributed by atoms with Crippen LogP contribution in [0.1, 0.15) is 11.3 Å². The first-order valence-electron chi connectivity index (χ1n) is 9.23. The van der Waals surface area contributed by atoms with Gasteiger partial charge in [0.05, 0.1) is 11.7 Å². The Morgan fingerprint density at radius 1 is 0.966 bits per heavy atom. The molecule has 5 nitrogen and oxygen atoms in total. The average molecular weight is 390 g/mol. The Kier molecular flexibility index (Phi) is 4.27. The molecule has 0 aliphatic carbocycles. The lowest BCUT2D eigenvalue weighted by Crippen LogP contribution is -2.31. The maximum Gasteiger partial charge on any atom is 0.165 e. The summed E-state index contributed by atoms with van der Waals surface area (Å²) >= 11 is 0. The van der Waals surface area contributed by atoms with E-state index in [9.17, 15) is 8.78 Å². The maximum absolute atomic E-state index is 13.9. The lowest BCUT2D eigenvalue weighted by atomic mass is 10.0. The van der Waals surface area contributed by atoms with Crippen LogP contribution in [0.25, 0.3) is 10.9 Å². The molecule has 4 aromatic rings. The topological polar surface area (TPSA) is 51.1 Å². The summed E-state index contributed by atoms with van der Waals surface area (Å²) in [6, 6.07) is 12.6. The lowest BCUT2D eigenvalue weighted by molar-refractivity contribution is 0.439. The highest BCUT2D eigenvalue weighted by Gasteiger charge is 2.21. The summed E-state index contributed by atoms with van der Waals surface area (Å²) < 4.78 is 33.3. The molecular weight excluding hydrogens is 374 g/mol. The molecule has 0 N–H and O–H groups in total. The molecule has 0 saturated heterocycles. The first kappa shape index (κ1) is 17.5. The molecule has 0 radical (unpaired) electrons. The molecule has 29 heavy (non-hydrogen) atoms. The summed E-state index contributed by atoms with van der Waals surface area (Å²) in [6.45, 7) is 1.25. The third kappa shape index (κ3) is 3.35. The van der Waals surface area contributed by atoms with Crippen molar-refractivity contribution in [3.05, 3.63) is 83.9 Å². The van der Waals surface area contributed by atoms with Crippen LogP contribution in [0, 0.1) is 11.6 Å². The van der Waals surface area contributed by atoms with E-state index in [0.29, 0.717) is 35.6 Å². The molecule has 2 aromatic carbocycles. The number of hydrogen-bond donors (Lipinski definition) is 0. The molecule has 0 fully saturated rings. The number of ether oxygens (including phenoxy) is 1. The van der Waals surface area contributed by atoms with E-state index in [0.717, 1.165) is 17.7 Å². The Hall–Kier alpha value is -3.61. The fourth-order valence-electron chi connectivity index (χ4n) is 3.56. The monoisotopic (exact) mass is 390 g/mol. The van der Waals surface area contributed by atoms with Gasteiger partial charge in [0.25, 0.3) is 0 Å². The van der Waals surface area contributed by atoms with Gasteiger partial charge in [-0.25, -0.2) is 18.7 Å². The van der Waals surface area contributed by atoms with Gasteiger partial charge in [0.1, 0.15) is 23.7 Å². The van der Waals surface area contributed by atoms with E-state index in [1.54, 1.807) is 30.5 Å². The fraction of sp³-hybridized carbons (Fsp3) is 0.136. The van der Waals surface area contributed by atoms with Crippen molar-refractivity contribution < 1.29 is 13.5 Å². The van der Waals surface area contributed by atoms with Crippen LogP contribution < -0.4 is 9.64 Å². The Morgan fingerprint density at radius 2 is 1.86 bits per heavy atom. The molecule has 144 valence electrons. The number of benzene rings is 2. The SMILES string of the molecule is Fc1ccc2ncnc(N3CCc4ncc(Oc5ccccc5F)cc4C3)c2c1. The number of pyridine rings is 1. The molecule has 0 spiro atoms. The molecule has 0 amide bonds. The van der Waals surface area contributed by atoms with E-state index in [2.05, 4.69) is 19.9 Å². The number of aromatic nitrogens is 3. The van der Waals surface area contributed by atoms with Crippen LogP contribution in [0.15, 0.2) is 61.1 Å². The first-order chi connectivity index (χ1) is 14.2. The summed E-state index contributed by atoms with van der Waals surface area (Å²) in [4.78, 5) is 15.2. The van der Waals surface area contributed by atoms with Crippen LogP contribution in [0.5, 0.6) is 11.5 Å². The molecule has 7 heteroatoms. The normalized spacial score (nSPS) is 13.4. The van der Waals surface area contributed by atoms with E-state index >= 15 is 0 Å². The molecule has 1 aliphatic rings. The zero-order valence-corrected chi connectivity index (χ0v) is 15.3. The fourth-order valence-corrected chi connectivity index (χ4v) is 3.56. The minimum absolute atomic E-state index is 0.152. The summed E-state index contributed by atoms with van der Waals surface area (Å²) in [7, 11) is 0. The maximum atomic E-state index is 13.9. The van der Waals surface area contributed by atoms with E-state index in [-0.39, 0.29) is 11.6 Å². The van der Waals surface area contributed by atoms with Crippen molar-refractivity contribution in [2.75, 3.05) is 11.4 Å². The molecule has 2 aromatic heterocycles. The van der Waals surface area contributed by atoms with E-state index in [4.69, 9.17) is 4.74 Å². The van der Waals surface area contributed by atoms with Crippen LogP contribution in [0.3, 0.4) is 0 Å². The van der Waals surface area contributed by atoms with Crippen molar-refractivity contribution >= 4 is 16.7 Å². The largest absolute Gasteiger partial charge is 0.453 e. The standard InChI is InChI=1S/C22H16F2N4O/c23-15-5-6-20-17(10-15)22(27-13-26-20)28-8-7-19-14(12-28)9-16(11-25-19)29-21-4-2-1-3-18(21)24/h1-6,9-11,13H,7-8,12H2. The van der Waals surface area contributed by atoms with Crippen LogP contribution in [-0.4, -0.2) is 21.5 Å². The number of hydrogen-bond acceptors (Lipinski definition) is 5. The highest BCUT2D eigenvalue weighted by atomic mass is 19.1. The lowest BCUT2D eigenvalue weighted by Gasteiger charge is -2.30. The van der Waals surface area contributed by atoms with Gasteiger partial charge in [-0.1, -0.05) is 12.1 Å². The highest BCUT2D eigenvalue weighted by Crippen LogP contribution is 2.31. The van der Waals surface area contributed by atoms with Gasteiger partial charge in [-0.2, -0.15) is 0 Å².